The highest BCUT2D eigenvalue weighted by atomic mass is 35.5. The van der Waals surface area contributed by atoms with Crippen LogP contribution in [0.3, 0.4) is 0 Å². The van der Waals surface area contributed by atoms with Crippen LogP contribution in [-0.4, -0.2) is 57.1 Å². The van der Waals surface area contributed by atoms with Crippen molar-refractivity contribution in [1.29, 1.82) is 0 Å². The van der Waals surface area contributed by atoms with Crippen LogP contribution in [-0.2, 0) is 26.2 Å². The topological polar surface area (TPSA) is 96.0 Å². The molecule has 2 amide bonds. The molecule has 2 aromatic rings. The molecular formula is C23H28Cl3N3O5S. The third-order valence-corrected chi connectivity index (χ3v) is 6.99. The molecule has 2 rings (SSSR count). The fraction of sp³-hybridized carbons (Fsp3) is 0.391. The second-order valence-electron chi connectivity index (χ2n) is 8.18. The van der Waals surface area contributed by atoms with Crippen molar-refractivity contribution >= 4 is 62.3 Å². The van der Waals surface area contributed by atoms with E-state index in [1.165, 1.54) is 30.2 Å². The van der Waals surface area contributed by atoms with Gasteiger partial charge in [0.05, 0.1) is 19.1 Å². The smallest absolute Gasteiger partial charge is 0.244 e. The first-order valence-corrected chi connectivity index (χ1v) is 13.6. The van der Waals surface area contributed by atoms with Crippen LogP contribution >= 0.6 is 34.8 Å². The van der Waals surface area contributed by atoms with Crippen molar-refractivity contribution in [2.75, 3.05) is 24.2 Å². The van der Waals surface area contributed by atoms with Crippen LogP contribution in [0.25, 0.3) is 0 Å². The van der Waals surface area contributed by atoms with Crippen molar-refractivity contribution in [3.05, 3.63) is 57.0 Å². The van der Waals surface area contributed by atoms with Crippen LogP contribution in [0.4, 0.5) is 5.69 Å². The van der Waals surface area contributed by atoms with E-state index in [2.05, 4.69) is 5.32 Å². The van der Waals surface area contributed by atoms with Gasteiger partial charge in [-0.25, -0.2) is 8.42 Å². The number of nitrogens with zero attached hydrogens (tertiary/aromatic N) is 2. The molecule has 0 spiro atoms. The number of hydrogen-bond acceptors (Lipinski definition) is 5. The Morgan fingerprint density at radius 1 is 1.03 bits per heavy atom. The van der Waals surface area contributed by atoms with E-state index in [1.54, 1.807) is 39.0 Å². The van der Waals surface area contributed by atoms with Crippen molar-refractivity contribution in [2.24, 2.45) is 0 Å². The largest absolute Gasteiger partial charge is 0.495 e. The first kappa shape index (κ1) is 29.0. The highest BCUT2D eigenvalue weighted by molar-refractivity contribution is 7.92. The highest BCUT2D eigenvalue weighted by Gasteiger charge is 2.31. The zero-order valence-corrected chi connectivity index (χ0v) is 23.1. The zero-order chi connectivity index (χ0) is 26.5. The van der Waals surface area contributed by atoms with Gasteiger partial charge in [-0.15, -0.1) is 0 Å². The van der Waals surface area contributed by atoms with Gasteiger partial charge in [-0.1, -0.05) is 40.9 Å². The lowest BCUT2D eigenvalue weighted by Crippen LogP contribution is -2.52. The minimum Gasteiger partial charge on any atom is -0.495 e. The Bertz CT molecular complexity index is 1190. The predicted molar refractivity (Wildman–Crippen MR) is 140 cm³/mol. The van der Waals surface area contributed by atoms with Gasteiger partial charge in [0, 0.05) is 27.7 Å². The average molecular weight is 565 g/mol. The summed E-state index contributed by atoms with van der Waals surface area (Å²) in [6.45, 7) is 4.50. The summed E-state index contributed by atoms with van der Waals surface area (Å²) in [6, 6.07) is 8.13. The lowest BCUT2D eigenvalue weighted by Gasteiger charge is -2.32. The van der Waals surface area contributed by atoms with Crippen molar-refractivity contribution in [1.82, 2.24) is 10.2 Å². The van der Waals surface area contributed by atoms with Gasteiger partial charge < -0.3 is 15.0 Å². The summed E-state index contributed by atoms with van der Waals surface area (Å²) in [4.78, 5) is 27.6. The molecule has 0 bridgehead atoms. The molecule has 0 aliphatic heterocycles. The Kier molecular flexibility index (Phi) is 10.1. The van der Waals surface area contributed by atoms with E-state index in [1.807, 2.05) is 0 Å². The third kappa shape index (κ3) is 7.90. The molecule has 0 saturated heterocycles. The number of carbonyl (C=O) groups excluding carboxylic acids is 2. The quantitative estimate of drug-likeness (QED) is 0.463. The molecule has 0 fully saturated rings. The van der Waals surface area contributed by atoms with E-state index in [-0.39, 0.29) is 29.0 Å². The van der Waals surface area contributed by atoms with Gasteiger partial charge in [-0.2, -0.15) is 0 Å². The van der Waals surface area contributed by atoms with Gasteiger partial charge in [0.1, 0.15) is 18.3 Å². The minimum atomic E-state index is -3.94. The van der Waals surface area contributed by atoms with Gasteiger partial charge in [-0.3, -0.25) is 13.9 Å². The summed E-state index contributed by atoms with van der Waals surface area (Å²) in [5.41, 5.74) is 0.638. The number of nitrogens with one attached hydrogen (secondary N) is 1. The van der Waals surface area contributed by atoms with Gasteiger partial charge in [-0.05, 0) is 56.7 Å². The van der Waals surface area contributed by atoms with Gasteiger partial charge >= 0.3 is 0 Å². The maximum atomic E-state index is 13.6. The Labute approximate surface area is 221 Å². The first-order valence-electron chi connectivity index (χ1n) is 10.6. The zero-order valence-electron chi connectivity index (χ0n) is 20.0. The lowest BCUT2D eigenvalue weighted by atomic mass is 10.1. The van der Waals surface area contributed by atoms with E-state index in [0.29, 0.717) is 15.6 Å². The Morgan fingerprint density at radius 3 is 2.17 bits per heavy atom. The number of sulfonamides is 1. The number of amides is 2. The van der Waals surface area contributed by atoms with Crippen molar-refractivity contribution in [3.8, 4) is 5.75 Å². The van der Waals surface area contributed by atoms with Crippen LogP contribution < -0.4 is 14.4 Å². The fourth-order valence-electron chi connectivity index (χ4n) is 3.27. The van der Waals surface area contributed by atoms with E-state index in [9.17, 15) is 18.0 Å². The summed E-state index contributed by atoms with van der Waals surface area (Å²) in [5, 5.41) is 3.76. The molecule has 1 N–H and O–H groups in total. The standard InChI is InChI=1S/C23H28Cl3N3O5S/c1-14(2)27-23(31)15(3)28(12-16-6-7-17(24)10-19(16)26)22(30)13-29(35(5,32)33)20-11-18(25)8-9-21(20)34-4/h6-11,14-15H,12-13H2,1-5H3,(H,27,31)/t15-/m0/s1. The number of benzene rings is 2. The number of anilines is 1. The second kappa shape index (κ2) is 12.2. The molecule has 8 nitrogen and oxygen atoms in total. The van der Waals surface area contributed by atoms with Crippen molar-refractivity contribution < 1.29 is 22.7 Å². The SMILES string of the molecule is COc1ccc(Cl)cc1N(CC(=O)N(Cc1ccc(Cl)cc1Cl)[C@@H](C)C(=O)NC(C)C)S(C)(=O)=O. The molecule has 1 atom stereocenters. The number of methoxy groups -OCH3 is 1. The van der Waals surface area contributed by atoms with E-state index >= 15 is 0 Å². The maximum Gasteiger partial charge on any atom is 0.244 e. The molecule has 0 aliphatic carbocycles. The molecular weight excluding hydrogens is 537 g/mol. The molecule has 192 valence electrons. The molecule has 35 heavy (non-hydrogen) atoms. The first-order chi connectivity index (χ1) is 16.2. The van der Waals surface area contributed by atoms with Gasteiger partial charge in [0.15, 0.2) is 0 Å². The Balaban J connectivity index is 2.50. The molecule has 0 unspecified atom stereocenters. The van der Waals surface area contributed by atoms with Crippen molar-refractivity contribution in [3.63, 3.8) is 0 Å². The lowest BCUT2D eigenvalue weighted by molar-refractivity contribution is -0.139. The summed E-state index contributed by atoms with van der Waals surface area (Å²) in [6.07, 6.45) is 0.968. The van der Waals surface area contributed by atoms with Gasteiger partial charge in [0.25, 0.3) is 0 Å². The van der Waals surface area contributed by atoms with Crippen LogP contribution in [0.1, 0.15) is 26.3 Å². The third-order valence-electron chi connectivity index (χ3n) is 5.04. The van der Waals surface area contributed by atoms with Crippen LogP contribution in [0.2, 0.25) is 15.1 Å². The summed E-state index contributed by atoms with van der Waals surface area (Å²) in [5.74, 6) is -0.815. The van der Waals surface area contributed by atoms with E-state index in [0.717, 1.165) is 10.6 Å². The summed E-state index contributed by atoms with van der Waals surface area (Å²) in [7, 11) is -2.57. The van der Waals surface area contributed by atoms with Crippen molar-refractivity contribution in [2.45, 2.75) is 39.4 Å². The fourth-order valence-corrected chi connectivity index (χ4v) is 4.75. The number of halogens is 3. The van der Waals surface area contributed by atoms with E-state index < -0.39 is 34.4 Å². The highest BCUT2D eigenvalue weighted by Crippen LogP contribution is 2.33. The Hall–Kier alpha value is -2.20. The second-order valence-corrected chi connectivity index (χ2v) is 11.4. The van der Waals surface area contributed by atoms with Gasteiger partial charge in [0.2, 0.25) is 21.8 Å². The molecule has 2 aromatic carbocycles. The summed E-state index contributed by atoms with van der Waals surface area (Å²) < 4.78 is 31.6. The molecule has 0 heterocycles. The normalized spacial score (nSPS) is 12.3. The summed E-state index contributed by atoms with van der Waals surface area (Å²) >= 11 is 18.4. The molecule has 12 heteroatoms. The minimum absolute atomic E-state index is 0.0498. The number of hydrogen-bond donors (Lipinski definition) is 1. The number of carbonyl (C=O) groups is 2. The average Bonchev–Trinajstić information content (AvgIpc) is 2.75. The molecule has 0 radical (unpaired) electrons. The number of ether oxygens (including phenoxy) is 1. The molecule has 0 aromatic heterocycles. The predicted octanol–water partition coefficient (Wildman–Crippen LogP) is 4.36. The monoisotopic (exact) mass is 563 g/mol. The molecule has 0 aliphatic rings. The van der Waals surface area contributed by atoms with Crippen LogP contribution in [0.15, 0.2) is 36.4 Å². The van der Waals surface area contributed by atoms with E-state index in [4.69, 9.17) is 39.5 Å². The van der Waals surface area contributed by atoms with Crippen LogP contribution in [0, 0.1) is 0 Å². The maximum absolute atomic E-state index is 13.6. The Morgan fingerprint density at radius 2 is 1.63 bits per heavy atom. The number of rotatable bonds is 10. The van der Waals surface area contributed by atoms with Crippen LogP contribution in [0.5, 0.6) is 5.75 Å². The molecule has 0 saturated carbocycles.